The second kappa shape index (κ2) is 7.19. The molecular formula is C14H24N4O. The predicted molar refractivity (Wildman–Crippen MR) is 75.7 cm³/mol. The number of carbonyl (C=O) groups is 1. The van der Waals surface area contributed by atoms with Gasteiger partial charge in [-0.1, -0.05) is 13.8 Å². The fourth-order valence-electron chi connectivity index (χ4n) is 1.72. The van der Waals surface area contributed by atoms with Gasteiger partial charge in [0.15, 0.2) is 0 Å². The lowest BCUT2D eigenvalue weighted by Gasteiger charge is -2.23. The van der Waals surface area contributed by atoms with Gasteiger partial charge < -0.3 is 5.32 Å². The van der Waals surface area contributed by atoms with Crippen LogP contribution in [0.3, 0.4) is 0 Å². The fraction of sp³-hybridized carbons (Fsp3) is 0.643. The van der Waals surface area contributed by atoms with Crippen LogP contribution in [-0.2, 0) is 11.3 Å². The number of rotatable bonds is 6. The molecule has 0 spiro atoms. The van der Waals surface area contributed by atoms with Gasteiger partial charge in [-0.05, 0) is 20.0 Å². The van der Waals surface area contributed by atoms with Crippen molar-refractivity contribution in [2.75, 3.05) is 14.1 Å². The SMILES string of the molecule is CNC(=O)C[C@@H](C)N(C)Cc1ccnc(C(C)C)n1. The smallest absolute Gasteiger partial charge is 0.221 e. The first-order chi connectivity index (χ1) is 8.93. The Kier molecular flexibility index (Phi) is 5.89. The van der Waals surface area contributed by atoms with Crippen molar-refractivity contribution in [2.45, 2.75) is 45.7 Å². The highest BCUT2D eigenvalue weighted by atomic mass is 16.1. The molecule has 1 amide bonds. The van der Waals surface area contributed by atoms with Gasteiger partial charge in [0.2, 0.25) is 5.91 Å². The Balaban J connectivity index is 2.63. The van der Waals surface area contributed by atoms with Gasteiger partial charge in [-0.25, -0.2) is 9.97 Å². The van der Waals surface area contributed by atoms with E-state index in [0.717, 1.165) is 18.1 Å². The van der Waals surface area contributed by atoms with Crippen molar-refractivity contribution in [1.82, 2.24) is 20.2 Å². The fourth-order valence-corrected chi connectivity index (χ4v) is 1.72. The molecule has 0 unspecified atom stereocenters. The maximum atomic E-state index is 11.4. The summed E-state index contributed by atoms with van der Waals surface area (Å²) < 4.78 is 0. The molecule has 0 aliphatic rings. The summed E-state index contributed by atoms with van der Waals surface area (Å²) in [5.74, 6) is 1.25. The summed E-state index contributed by atoms with van der Waals surface area (Å²) in [6, 6.07) is 2.10. The molecule has 5 nitrogen and oxygen atoms in total. The van der Waals surface area contributed by atoms with Crippen LogP contribution in [0.1, 0.15) is 44.6 Å². The Hall–Kier alpha value is -1.49. The van der Waals surface area contributed by atoms with E-state index in [1.165, 1.54) is 0 Å². The molecule has 0 aromatic carbocycles. The number of carbonyl (C=O) groups excluding carboxylic acids is 1. The third kappa shape index (κ3) is 4.95. The molecule has 19 heavy (non-hydrogen) atoms. The molecule has 0 radical (unpaired) electrons. The minimum absolute atomic E-state index is 0.0601. The van der Waals surface area contributed by atoms with E-state index in [2.05, 4.69) is 34.0 Å². The van der Waals surface area contributed by atoms with E-state index < -0.39 is 0 Å². The maximum absolute atomic E-state index is 11.4. The van der Waals surface area contributed by atoms with Crippen LogP contribution >= 0.6 is 0 Å². The summed E-state index contributed by atoms with van der Waals surface area (Å²) in [5.41, 5.74) is 0.991. The zero-order valence-electron chi connectivity index (χ0n) is 12.5. The number of amides is 1. The minimum Gasteiger partial charge on any atom is -0.359 e. The summed E-state index contributed by atoms with van der Waals surface area (Å²) in [4.78, 5) is 22.3. The Morgan fingerprint density at radius 3 is 2.68 bits per heavy atom. The largest absolute Gasteiger partial charge is 0.359 e. The first-order valence-electron chi connectivity index (χ1n) is 6.66. The topological polar surface area (TPSA) is 58.1 Å². The van der Waals surface area contributed by atoms with Crippen molar-refractivity contribution in [3.05, 3.63) is 23.8 Å². The molecule has 0 aliphatic heterocycles. The zero-order valence-corrected chi connectivity index (χ0v) is 12.5. The molecule has 0 saturated heterocycles. The Bertz CT molecular complexity index is 420. The highest BCUT2D eigenvalue weighted by Gasteiger charge is 2.14. The lowest BCUT2D eigenvalue weighted by molar-refractivity contribution is -0.121. The van der Waals surface area contributed by atoms with Crippen LogP contribution in [0.5, 0.6) is 0 Å². The third-order valence-corrected chi connectivity index (χ3v) is 3.17. The molecule has 0 fully saturated rings. The van der Waals surface area contributed by atoms with Gasteiger partial charge in [-0.2, -0.15) is 0 Å². The quantitative estimate of drug-likeness (QED) is 0.847. The van der Waals surface area contributed by atoms with Crippen LogP contribution in [0.25, 0.3) is 0 Å². The lowest BCUT2D eigenvalue weighted by atomic mass is 10.2. The molecule has 0 bridgehead atoms. The summed E-state index contributed by atoms with van der Waals surface area (Å²) in [6.45, 7) is 6.92. The predicted octanol–water partition coefficient (Wildman–Crippen LogP) is 1.56. The average Bonchev–Trinajstić information content (AvgIpc) is 2.38. The number of nitrogens with zero attached hydrogens (tertiary/aromatic N) is 3. The summed E-state index contributed by atoms with van der Waals surface area (Å²) in [6.07, 6.45) is 2.30. The molecule has 1 rings (SSSR count). The van der Waals surface area contributed by atoms with Crippen molar-refractivity contribution < 1.29 is 4.79 Å². The maximum Gasteiger partial charge on any atom is 0.221 e. The van der Waals surface area contributed by atoms with Crippen LogP contribution < -0.4 is 5.32 Å². The number of aromatic nitrogens is 2. The van der Waals surface area contributed by atoms with E-state index in [1.54, 1.807) is 13.2 Å². The normalized spacial score (nSPS) is 12.8. The second-order valence-electron chi connectivity index (χ2n) is 5.20. The van der Waals surface area contributed by atoms with Crippen molar-refractivity contribution >= 4 is 5.91 Å². The highest BCUT2D eigenvalue weighted by molar-refractivity contribution is 5.76. The molecule has 106 valence electrons. The van der Waals surface area contributed by atoms with Gasteiger partial charge in [-0.15, -0.1) is 0 Å². The molecule has 1 atom stereocenters. The summed E-state index contributed by atoms with van der Waals surface area (Å²) in [7, 11) is 3.67. The lowest BCUT2D eigenvalue weighted by Crippen LogP contribution is -2.34. The summed E-state index contributed by atoms with van der Waals surface area (Å²) >= 11 is 0. The van der Waals surface area contributed by atoms with Crippen molar-refractivity contribution in [3.8, 4) is 0 Å². The Labute approximate surface area is 115 Å². The number of hydrogen-bond donors (Lipinski definition) is 1. The molecule has 1 aromatic heterocycles. The van der Waals surface area contributed by atoms with Crippen molar-refractivity contribution in [1.29, 1.82) is 0 Å². The Morgan fingerprint density at radius 1 is 1.42 bits per heavy atom. The monoisotopic (exact) mass is 264 g/mol. The minimum atomic E-state index is 0.0601. The summed E-state index contributed by atoms with van der Waals surface area (Å²) in [5, 5.41) is 2.65. The molecule has 1 N–H and O–H groups in total. The van der Waals surface area contributed by atoms with E-state index >= 15 is 0 Å². The van der Waals surface area contributed by atoms with E-state index in [9.17, 15) is 4.79 Å². The molecule has 1 heterocycles. The van der Waals surface area contributed by atoms with Crippen LogP contribution in [-0.4, -0.2) is 40.9 Å². The van der Waals surface area contributed by atoms with E-state index in [4.69, 9.17) is 0 Å². The van der Waals surface area contributed by atoms with E-state index in [-0.39, 0.29) is 11.9 Å². The van der Waals surface area contributed by atoms with Gasteiger partial charge in [0.1, 0.15) is 5.82 Å². The molecule has 0 saturated carbocycles. The van der Waals surface area contributed by atoms with Gasteiger partial charge in [0, 0.05) is 38.2 Å². The van der Waals surface area contributed by atoms with Crippen LogP contribution in [0.2, 0.25) is 0 Å². The second-order valence-corrected chi connectivity index (χ2v) is 5.20. The number of nitrogens with one attached hydrogen (secondary N) is 1. The van der Waals surface area contributed by atoms with E-state index in [0.29, 0.717) is 12.3 Å². The van der Waals surface area contributed by atoms with Crippen LogP contribution in [0.4, 0.5) is 0 Å². The van der Waals surface area contributed by atoms with Gasteiger partial charge in [-0.3, -0.25) is 9.69 Å². The van der Waals surface area contributed by atoms with Gasteiger partial charge in [0.25, 0.3) is 0 Å². The van der Waals surface area contributed by atoms with Crippen LogP contribution in [0.15, 0.2) is 12.3 Å². The Morgan fingerprint density at radius 2 is 2.11 bits per heavy atom. The van der Waals surface area contributed by atoms with Crippen molar-refractivity contribution in [2.24, 2.45) is 0 Å². The van der Waals surface area contributed by atoms with Gasteiger partial charge >= 0.3 is 0 Å². The molecule has 0 aliphatic carbocycles. The first kappa shape index (κ1) is 15.6. The first-order valence-corrected chi connectivity index (χ1v) is 6.66. The molecule has 1 aromatic rings. The number of hydrogen-bond acceptors (Lipinski definition) is 4. The van der Waals surface area contributed by atoms with Gasteiger partial charge in [0.05, 0.1) is 5.69 Å². The highest BCUT2D eigenvalue weighted by Crippen LogP contribution is 2.11. The third-order valence-electron chi connectivity index (χ3n) is 3.17. The zero-order chi connectivity index (χ0) is 14.4. The van der Waals surface area contributed by atoms with Crippen molar-refractivity contribution in [3.63, 3.8) is 0 Å². The molecular weight excluding hydrogens is 240 g/mol. The van der Waals surface area contributed by atoms with Crippen LogP contribution in [0, 0.1) is 0 Å². The molecule has 5 heteroatoms. The standard InChI is InChI=1S/C14H24N4O/c1-10(2)14-16-7-6-12(17-14)9-18(5)11(3)8-13(19)15-4/h6-7,10-11H,8-9H2,1-5H3,(H,15,19)/t11-/m1/s1. The van der Waals surface area contributed by atoms with E-state index in [1.807, 2.05) is 20.0 Å². The average molecular weight is 264 g/mol.